The lowest BCUT2D eigenvalue weighted by Gasteiger charge is -2.13. The van der Waals surface area contributed by atoms with Crippen molar-refractivity contribution >= 4 is 22.6 Å². The Hall–Kier alpha value is -3.50. The highest BCUT2D eigenvalue weighted by molar-refractivity contribution is 5.91. The van der Waals surface area contributed by atoms with Crippen LogP contribution >= 0.6 is 0 Å². The molecular formula is C22H21N5O2. The number of likely N-dealkylation sites (tertiary alicyclic amines) is 1. The molecule has 0 radical (unpaired) electrons. The molecule has 7 heteroatoms. The average Bonchev–Trinajstić information content (AvgIpc) is 2.97. The number of pyridine rings is 1. The molecule has 0 unspecified atom stereocenters. The summed E-state index contributed by atoms with van der Waals surface area (Å²) in [6.45, 7) is 4.37. The van der Waals surface area contributed by atoms with Gasteiger partial charge in [0.15, 0.2) is 5.82 Å². The lowest BCUT2D eigenvalue weighted by Crippen LogP contribution is -2.37. The summed E-state index contributed by atoms with van der Waals surface area (Å²) in [5, 5.41) is 11.4. The molecule has 0 saturated carbocycles. The van der Waals surface area contributed by atoms with Crippen LogP contribution < -0.4 is 5.73 Å². The fourth-order valence-corrected chi connectivity index (χ4v) is 3.43. The van der Waals surface area contributed by atoms with Crippen molar-refractivity contribution in [1.29, 1.82) is 0 Å². The van der Waals surface area contributed by atoms with Crippen LogP contribution in [0.1, 0.15) is 23.1 Å². The molecule has 2 aromatic heterocycles. The summed E-state index contributed by atoms with van der Waals surface area (Å²) in [5.74, 6) is 6.20. The van der Waals surface area contributed by atoms with Crippen molar-refractivity contribution in [2.24, 2.45) is 0 Å². The minimum atomic E-state index is -1.63. The number of aryl methyl sites for hydroxylation is 2. The highest BCUT2D eigenvalue weighted by Crippen LogP contribution is 2.25. The largest absolute Gasteiger partial charge is 0.382 e. The van der Waals surface area contributed by atoms with Gasteiger partial charge < -0.3 is 15.7 Å². The number of benzene rings is 1. The second-order valence-corrected chi connectivity index (χ2v) is 7.46. The topological polar surface area (TPSA) is 105 Å². The van der Waals surface area contributed by atoms with Crippen LogP contribution in [0.4, 0.5) is 5.82 Å². The van der Waals surface area contributed by atoms with Gasteiger partial charge in [0.25, 0.3) is 5.91 Å². The van der Waals surface area contributed by atoms with Crippen LogP contribution in [0.5, 0.6) is 0 Å². The minimum absolute atomic E-state index is 0.299. The highest BCUT2D eigenvalue weighted by Gasteiger charge is 2.42. The van der Waals surface area contributed by atoms with Crippen molar-refractivity contribution in [3.63, 3.8) is 0 Å². The second-order valence-electron chi connectivity index (χ2n) is 7.46. The van der Waals surface area contributed by atoms with E-state index in [0.717, 1.165) is 22.1 Å². The molecule has 1 aliphatic rings. The smallest absolute Gasteiger partial charge is 0.267 e. The number of carbonyl (C=O) groups is 1. The zero-order valence-electron chi connectivity index (χ0n) is 16.5. The van der Waals surface area contributed by atoms with E-state index in [1.54, 1.807) is 19.4 Å². The standard InChI is InChI=1S/C22H21N5O2/c1-13-8-15(4-5-22(29)6-7-27(3)21(22)28)10-16(9-13)20-25-12-17-14(2)11-24-19(23)18(17)26-20/h8-12,29H,6-7H2,1-3H3,(H2,23,24)/t22-/m0/s1. The van der Waals surface area contributed by atoms with Crippen molar-refractivity contribution in [1.82, 2.24) is 19.9 Å². The van der Waals surface area contributed by atoms with Crippen LogP contribution in [-0.4, -0.2) is 50.1 Å². The van der Waals surface area contributed by atoms with E-state index < -0.39 is 5.60 Å². The number of nitrogen functional groups attached to an aromatic ring is 1. The Kier molecular flexibility index (Phi) is 4.44. The number of nitrogens with two attached hydrogens (primary N) is 1. The third kappa shape index (κ3) is 3.39. The van der Waals surface area contributed by atoms with Gasteiger partial charge >= 0.3 is 0 Å². The number of amides is 1. The maximum absolute atomic E-state index is 12.1. The van der Waals surface area contributed by atoms with Gasteiger partial charge in [-0.3, -0.25) is 4.79 Å². The Labute approximate surface area is 168 Å². The number of aromatic nitrogens is 3. The van der Waals surface area contributed by atoms with E-state index in [9.17, 15) is 9.90 Å². The maximum Gasteiger partial charge on any atom is 0.267 e. The number of likely N-dealkylation sites (N-methyl/N-ethyl adjacent to an activating group) is 1. The molecule has 3 N–H and O–H groups in total. The molecule has 1 atom stereocenters. The SMILES string of the molecule is Cc1cc(C#C[C@]2(O)CCN(C)C2=O)cc(-c2ncc3c(C)cnc(N)c3n2)c1. The summed E-state index contributed by atoms with van der Waals surface area (Å²) in [6.07, 6.45) is 3.75. The number of fused-ring (bicyclic) bond motifs is 1. The molecular weight excluding hydrogens is 366 g/mol. The number of hydrogen-bond donors (Lipinski definition) is 2. The van der Waals surface area contributed by atoms with E-state index in [1.165, 1.54) is 4.90 Å². The Morgan fingerprint density at radius 2 is 2.00 bits per heavy atom. The molecule has 3 aromatic rings. The van der Waals surface area contributed by atoms with Crippen LogP contribution in [0.25, 0.3) is 22.3 Å². The van der Waals surface area contributed by atoms with Gasteiger partial charge in [-0.15, -0.1) is 0 Å². The summed E-state index contributed by atoms with van der Waals surface area (Å²) in [5.41, 5.74) is 8.35. The van der Waals surface area contributed by atoms with Gasteiger partial charge in [-0.1, -0.05) is 11.8 Å². The van der Waals surface area contributed by atoms with Crippen LogP contribution in [-0.2, 0) is 4.79 Å². The number of anilines is 1. The molecule has 0 spiro atoms. The Balaban J connectivity index is 1.75. The third-order valence-corrected chi connectivity index (χ3v) is 5.11. The Morgan fingerprint density at radius 3 is 2.72 bits per heavy atom. The molecule has 1 aromatic carbocycles. The van der Waals surface area contributed by atoms with Crippen molar-refractivity contribution in [2.45, 2.75) is 25.9 Å². The predicted octanol–water partition coefficient (Wildman–Crippen LogP) is 1.84. The van der Waals surface area contributed by atoms with Crippen LogP contribution in [0.2, 0.25) is 0 Å². The normalized spacial score (nSPS) is 18.8. The molecule has 0 bridgehead atoms. The highest BCUT2D eigenvalue weighted by atomic mass is 16.3. The molecule has 29 heavy (non-hydrogen) atoms. The van der Waals surface area contributed by atoms with E-state index in [1.807, 2.05) is 32.0 Å². The maximum atomic E-state index is 12.1. The van der Waals surface area contributed by atoms with Gasteiger partial charge in [-0.05, 0) is 43.2 Å². The molecule has 7 nitrogen and oxygen atoms in total. The number of aliphatic hydroxyl groups is 1. The molecule has 1 fully saturated rings. The number of carbonyl (C=O) groups excluding carboxylic acids is 1. The van der Waals surface area contributed by atoms with Crippen LogP contribution in [0.3, 0.4) is 0 Å². The van der Waals surface area contributed by atoms with Crippen molar-refractivity contribution in [3.8, 4) is 23.2 Å². The summed E-state index contributed by atoms with van der Waals surface area (Å²) in [6, 6.07) is 5.69. The molecule has 1 saturated heterocycles. The average molecular weight is 387 g/mol. The number of hydrogen-bond acceptors (Lipinski definition) is 6. The zero-order valence-corrected chi connectivity index (χ0v) is 16.5. The van der Waals surface area contributed by atoms with Crippen molar-refractivity contribution in [3.05, 3.63) is 47.3 Å². The lowest BCUT2D eigenvalue weighted by atomic mass is 10.0. The fraction of sp³-hybridized carbons (Fsp3) is 0.273. The summed E-state index contributed by atoms with van der Waals surface area (Å²) < 4.78 is 0. The number of nitrogens with zero attached hydrogens (tertiary/aromatic N) is 4. The minimum Gasteiger partial charge on any atom is -0.382 e. The van der Waals surface area contributed by atoms with E-state index >= 15 is 0 Å². The number of rotatable bonds is 1. The molecule has 0 aliphatic carbocycles. The molecule has 4 rings (SSSR count). The molecule has 3 heterocycles. The molecule has 1 aliphatic heterocycles. The summed E-state index contributed by atoms with van der Waals surface area (Å²) in [7, 11) is 1.66. The Bertz CT molecular complexity index is 1210. The lowest BCUT2D eigenvalue weighted by molar-refractivity contribution is -0.137. The Morgan fingerprint density at radius 1 is 1.21 bits per heavy atom. The first-order valence-electron chi connectivity index (χ1n) is 9.28. The monoisotopic (exact) mass is 387 g/mol. The van der Waals surface area contributed by atoms with Gasteiger partial charge in [-0.25, -0.2) is 15.0 Å². The van der Waals surface area contributed by atoms with Gasteiger partial charge in [0, 0.05) is 48.9 Å². The first-order chi connectivity index (χ1) is 13.8. The summed E-state index contributed by atoms with van der Waals surface area (Å²) >= 11 is 0. The quantitative estimate of drug-likeness (QED) is 0.617. The second kappa shape index (κ2) is 6.83. The van der Waals surface area contributed by atoms with Gasteiger partial charge in [0.2, 0.25) is 5.60 Å². The van der Waals surface area contributed by atoms with E-state index in [2.05, 4.69) is 26.8 Å². The van der Waals surface area contributed by atoms with E-state index in [-0.39, 0.29) is 5.91 Å². The molecule has 1 amide bonds. The van der Waals surface area contributed by atoms with Crippen molar-refractivity contribution < 1.29 is 9.90 Å². The van der Waals surface area contributed by atoms with E-state index in [0.29, 0.717) is 35.7 Å². The summed E-state index contributed by atoms with van der Waals surface area (Å²) in [4.78, 5) is 26.9. The van der Waals surface area contributed by atoms with E-state index in [4.69, 9.17) is 5.73 Å². The van der Waals surface area contributed by atoms with Crippen LogP contribution in [0.15, 0.2) is 30.6 Å². The first-order valence-corrected chi connectivity index (χ1v) is 9.28. The van der Waals surface area contributed by atoms with Gasteiger partial charge in [0.1, 0.15) is 11.3 Å². The fourth-order valence-electron chi connectivity index (χ4n) is 3.43. The van der Waals surface area contributed by atoms with Gasteiger partial charge in [-0.2, -0.15) is 0 Å². The predicted molar refractivity (Wildman–Crippen MR) is 111 cm³/mol. The third-order valence-electron chi connectivity index (χ3n) is 5.11. The first kappa shape index (κ1) is 18.8. The molecule has 146 valence electrons. The van der Waals surface area contributed by atoms with Crippen molar-refractivity contribution in [2.75, 3.05) is 19.3 Å². The zero-order chi connectivity index (χ0) is 20.8. The van der Waals surface area contributed by atoms with Crippen LogP contribution in [0, 0.1) is 25.7 Å². The van der Waals surface area contributed by atoms with Gasteiger partial charge in [0.05, 0.1) is 0 Å².